The highest BCUT2D eigenvalue weighted by molar-refractivity contribution is 6.99. The Hall–Kier alpha value is -4.66. The zero-order valence-electron chi connectivity index (χ0n) is 33.6. The predicted octanol–water partition coefficient (Wildman–Crippen LogP) is 8.03. The molecule has 1 N–H and O–H groups in total. The van der Waals surface area contributed by atoms with Gasteiger partial charge in [0.2, 0.25) is 5.91 Å². The van der Waals surface area contributed by atoms with Crippen LogP contribution in [0.4, 0.5) is 0 Å². The quantitative estimate of drug-likeness (QED) is 0.0724. The molecule has 0 heterocycles. The van der Waals surface area contributed by atoms with Gasteiger partial charge in [0, 0.05) is 18.8 Å². The molecule has 0 aromatic heterocycles. The number of hydrogen-bond donors (Lipinski definition) is 1. The van der Waals surface area contributed by atoms with Crippen LogP contribution in [0, 0.1) is 17.8 Å². The van der Waals surface area contributed by atoms with Crippen molar-refractivity contribution >= 4 is 42.1 Å². The summed E-state index contributed by atoms with van der Waals surface area (Å²) in [4.78, 5) is 55.0. The van der Waals surface area contributed by atoms with E-state index in [4.69, 9.17) is 9.16 Å². The molecule has 1 amide bonds. The van der Waals surface area contributed by atoms with Gasteiger partial charge in [0.05, 0.1) is 18.1 Å². The molecule has 55 heavy (non-hydrogen) atoms. The molecule has 0 fully saturated rings. The summed E-state index contributed by atoms with van der Waals surface area (Å²) in [5.74, 6) is -2.71. The van der Waals surface area contributed by atoms with Crippen LogP contribution in [0.25, 0.3) is 0 Å². The van der Waals surface area contributed by atoms with Gasteiger partial charge in [-0.05, 0) is 65.6 Å². The second-order valence-electron chi connectivity index (χ2n) is 16.2. The fraction of sp³-hybridized carbons (Fsp3) is 0.404. The van der Waals surface area contributed by atoms with Crippen molar-refractivity contribution in [3.8, 4) is 0 Å². The number of aryl methyl sites for hydroxylation is 1. The lowest BCUT2D eigenvalue weighted by molar-refractivity contribution is -0.155. The van der Waals surface area contributed by atoms with E-state index < -0.39 is 38.3 Å². The minimum Gasteiger partial charge on any atom is -0.461 e. The number of benzene rings is 4. The molecule has 0 spiro atoms. The molecular weight excluding hydrogens is 703 g/mol. The van der Waals surface area contributed by atoms with E-state index in [0.29, 0.717) is 19.3 Å². The van der Waals surface area contributed by atoms with Crippen LogP contribution in [0.5, 0.6) is 0 Å². The van der Waals surface area contributed by atoms with E-state index in [-0.39, 0.29) is 47.9 Å². The van der Waals surface area contributed by atoms with E-state index in [9.17, 15) is 19.2 Å². The van der Waals surface area contributed by atoms with Crippen LogP contribution in [-0.2, 0) is 41.4 Å². The number of ether oxygens (including phenoxy) is 1. The van der Waals surface area contributed by atoms with Crippen LogP contribution in [0.2, 0.25) is 5.04 Å². The summed E-state index contributed by atoms with van der Waals surface area (Å²) in [6, 6.07) is 38.8. The molecule has 0 aliphatic carbocycles. The summed E-state index contributed by atoms with van der Waals surface area (Å²) in [5.41, 5.74) is 1.91. The first kappa shape index (κ1) is 43.1. The van der Waals surface area contributed by atoms with Gasteiger partial charge in [0.25, 0.3) is 8.32 Å². The number of nitrogens with one attached hydrogen (secondary N) is 1. The summed E-state index contributed by atoms with van der Waals surface area (Å²) in [5, 5.41) is 4.77. The molecule has 4 atom stereocenters. The van der Waals surface area contributed by atoms with Gasteiger partial charge < -0.3 is 19.3 Å². The van der Waals surface area contributed by atoms with E-state index in [1.165, 1.54) is 6.92 Å². The third-order valence-electron chi connectivity index (χ3n) is 10.2. The first-order valence-electron chi connectivity index (χ1n) is 19.6. The Morgan fingerprint density at radius 3 is 1.65 bits per heavy atom. The molecule has 4 aromatic carbocycles. The van der Waals surface area contributed by atoms with Crippen molar-refractivity contribution in [2.45, 2.75) is 104 Å². The molecule has 0 bridgehead atoms. The Balaban J connectivity index is 1.68. The fourth-order valence-corrected chi connectivity index (χ4v) is 12.1. The Kier molecular flexibility index (Phi) is 15.9. The maximum Gasteiger partial charge on any atom is 0.312 e. The zero-order valence-corrected chi connectivity index (χ0v) is 34.6. The van der Waals surface area contributed by atoms with Gasteiger partial charge in [-0.25, -0.2) is 0 Å². The Morgan fingerprint density at radius 2 is 1.18 bits per heavy atom. The van der Waals surface area contributed by atoms with Crippen LogP contribution in [0.15, 0.2) is 121 Å². The Labute approximate surface area is 329 Å². The van der Waals surface area contributed by atoms with Gasteiger partial charge in [-0.3, -0.25) is 14.4 Å². The monoisotopic (exact) mass is 761 g/mol. The minimum absolute atomic E-state index is 0.0522. The maximum absolute atomic E-state index is 14.5. The van der Waals surface area contributed by atoms with Crippen LogP contribution in [-0.4, -0.2) is 43.9 Å². The Morgan fingerprint density at radius 1 is 0.691 bits per heavy atom. The number of Topliss-reactive ketones (excluding diaryl/α,β-unsaturated/α-hetero) is 2. The maximum atomic E-state index is 14.5. The van der Waals surface area contributed by atoms with E-state index in [2.05, 4.69) is 50.4 Å². The van der Waals surface area contributed by atoms with Gasteiger partial charge in [0.1, 0.15) is 12.4 Å². The van der Waals surface area contributed by atoms with Crippen molar-refractivity contribution < 1.29 is 28.3 Å². The van der Waals surface area contributed by atoms with Crippen molar-refractivity contribution in [1.82, 2.24) is 5.32 Å². The average Bonchev–Trinajstić information content (AvgIpc) is 3.16. The predicted molar refractivity (Wildman–Crippen MR) is 222 cm³/mol. The minimum atomic E-state index is -3.13. The smallest absolute Gasteiger partial charge is 0.312 e. The van der Waals surface area contributed by atoms with Crippen LogP contribution in [0.3, 0.4) is 0 Å². The molecular formula is C47H59NO6Si. The Bertz CT molecular complexity index is 1770. The number of rotatable bonds is 20. The largest absolute Gasteiger partial charge is 0.461 e. The molecule has 0 aliphatic heterocycles. The van der Waals surface area contributed by atoms with Gasteiger partial charge in [0.15, 0.2) is 5.78 Å². The highest BCUT2D eigenvalue weighted by Crippen LogP contribution is 2.39. The molecule has 8 heteroatoms. The van der Waals surface area contributed by atoms with E-state index in [0.717, 1.165) is 21.5 Å². The van der Waals surface area contributed by atoms with E-state index in [1.54, 1.807) is 0 Å². The normalized spacial score (nSPS) is 14.0. The molecule has 4 aromatic rings. The van der Waals surface area contributed by atoms with E-state index in [1.807, 2.05) is 118 Å². The van der Waals surface area contributed by atoms with Crippen molar-refractivity contribution in [1.29, 1.82) is 0 Å². The molecule has 0 saturated heterocycles. The van der Waals surface area contributed by atoms with Gasteiger partial charge in [-0.1, -0.05) is 156 Å². The fourth-order valence-electron chi connectivity index (χ4n) is 7.38. The lowest BCUT2D eigenvalue weighted by Gasteiger charge is -2.45. The van der Waals surface area contributed by atoms with Gasteiger partial charge in [-0.15, -0.1) is 0 Å². The molecule has 0 unspecified atom stereocenters. The highest BCUT2D eigenvalue weighted by Gasteiger charge is 2.52. The molecule has 0 aliphatic rings. The van der Waals surface area contributed by atoms with Crippen LogP contribution >= 0.6 is 0 Å². The van der Waals surface area contributed by atoms with Crippen molar-refractivity contribution in [3.63, 3.8) is 0 Å². The van der Waals surface area contributed by atoms with Crippen molar-refractivity contribution in [2.24, 2.45) is 17.8 Å². The molecule has 7 nitrogen and oxygen atoms in total. The molecule has 0 radical (unpaired) electrons. The lowest BCUT2D eigenvalue weighted by atomic mass is 9.89. The van der Waals surface area contributed by atoms with Crippen molar-refractivity contribution in [2.75, 3.05) is 0 Å². The second-order valence-corrected chi connectivity index (χ2v) is 20.4. The van der Waals surface area contributed by atoms with Gasteiger partial charge in [-0.2, -0.15) is 0 Å². The van der Waals surface area contributed by atoms with Gasteiger partial charge >= 0.3 is 5.97 Å². The average molecular weight is 762 g/mol. The first-order chi connectivity index (χ1) is 26.2. The summed E-state index contributed by atoms with van der Waals surface area (Å²) < 4.78 is 13.3. The first-order valence-corrected chi connectivity index (χ1v) is 21.5. The number of carbonyl (C=O) groups is 4. The zero-order chi connectivity index (χ0) is 40.0. The number of hydrogen-bond acceptors (Lipinski definition) is 6. The summed E-state index contributed by atoms with van der Waals surface area (Å²) in [6.45, 7) is 13.9. The van der Waals surface area contributed by atoms with E-state index >= 15 is 0 Å². The third-order valence-corrected chi connectivity index (χ3v) is 15.4. The topological polar surface area (TPSA) is 98.8 Å². The molecule has 292 valence electrons. The third kappa shape index (κ3) is 12.2. The standard InChI is InChI=1S/C47H59NO6Si/c1-34(2)30-43(48-45(51)39(31-35(3)49)29-28-37-20-12-8-13-21-37)44(50)32-42(46(52)53-33-38-22-14-9-15-23-38)36(4)54-55(47(5,6)7,40-24-16-10-17-25-40)41-26-18-11-19-27-41/h8-27,34,36,39,42-43H,28-33H2,1-7H3,(H,48,51)/t36-,39-,42+,43+/m1/s1. The van der Waals surface area contributed by atoms with Crippen molar-refractivity contribution in [3.05, 3.63) is 132 Å². The SMILES string of the molecule is CC(=O)C[C@@H](CCc1ccccc1)C(=O)N[C@@H](CC(C)C)C(=O)C[C@H](C(=O)OCc1ccccc1)[C@@H](C)O[Si](c1ccccc1)(c1ccccc1)C(C)(C)C. The molecule has 0 saturated carbocycles. The number of esters is 1. The highest BCUT2D eigenvalue weighted by atomic mass is 28.4. The number of ketones is 2. The second kappa shape index (κ2) is 20.3. The lowest BCUT2D eigenvalue weighted by Crippen LogP contribution is -2.68. The van der Waals surface area contributed by atoms with Crippen LogP contribution in [0.1, 0.15) is 85.3 Å². The summed E-state index contributed by atoms with van der Waals surface area (Å²) >= 11 is 0. The summed E-state index contributed by atoms with van der Waals surface area (Å²) in [7, 11) is -3.13. The molecule has 4 rings (SSSR count). The summed E-state index contributed by atoms with van der Waals surface area (Å²) in [6.07, 6.45) is 0.638. The number of amides is 1. The number of carbonyl (C=O) groups excluding carboxylic acids is 4. The van der Waals surface area contributed by atoms with Crippen LogP contribution < -0.4 is 15.7 Å².